The summed E-state index contributed by atoms with van der Waals surface area (Å²) in [6, 6.07) is 16.2. The summed E-state index contributed by atoms with van der Waals surface area (Å²) in [5.74, 6) is 1.00. The van der Waals surface area contributed by atoms with Gasteiger partial charge in [0.25, 0.3) is 0 Å². The van der Waals surface area contributed by atoms with Crippen molar-refractivity contribution in [1.29, 1.82) is 0 Å². The number of hydrogen-bond donors (Lipinski definition) is 1. The molecule has 0 radical (unpaired) electrons. The van der Waals surface area contributed by atoms with Crippen molar-refractivity contribution in [3.63, 3.8) is 0 Å². The summed E-state index contributed by atoms with van der Waals surface area (Å²) in [6.07, 6.45) is 4.41. The van der Waals surface area contributed by atoms with Crippen molar-refractivity contribution in [2.45, 2.75) is 19.1 Å². The van der Waals surface area contributed by atoms with Gasteiger partial charge in [0.05, 0.1) is 5.70 Å². The first-order chi connectivity index (χ1) is 15.2. The zero-order chi connectivity index (χ0) is 20.9. The van der Waals surface area contributed by atoms with Crippen LogP contribution in [0.5, 0.6) is 5.75 Å². The summed E-state index contributed by atoms with van der Waals surface area (Å²) in [4.78, 5) is 8.71. The Balaban J connectivity index is 1.66. The van der Waals surface area contributed by atoms with Gasteiger partial charge >= 0.3 is 0 Å². The maximum Gasteiger partial charge on any atom is 0.226 e. The Morgan fingerprint density at radius 3 is 2.84 bits per heavy atom. The Hall–Kier alpha value is -4.00. The second-order valence-electron chi connectivity index (χ2n) is 7.69. The van der Waals surface area contributed by atoms with Crippen LogP contribution in [0.3, 0.4) is 0 Å². The predicted molar refractivity (Wildman–Crippen MR) is 114 cm³/mol. The maximum absolute atomic E-state index is 15.0. The van der Waals surface area contributed by atoms with E-state index < -0.39 is 6.10 Å². The fourth-order valence-electron chi connectivity index (χ4n) is 4.39. The van der Waals surface area contributed by atoms with Crippen LogP contribution in [0.15, 0.2) is 78.9 Å². The average Bonchev–Trinajstić information content (AvgIpc) is 3.27. The molecule has 2 aliphatic rings. The Morgan fingerprint density at radius 1 is 1.10 bits per heavy atom. The van der Waals surface area contributed by atoms with Gasteiger partial charge in [-0.05, 0) is 36.8 Å². The summed E-state index contributed by atoms with van der Waals surface area (Å²) >= 11 is 0. The van der Waals surface area contributed by atoms with Crippen molar-refractivity contribution in [2.75, 3.05) is 5.32 Å². The Kier molecular flexibility index (Phi) is 3.89. The monoisotopic (exact) mass is 411 g/mol. The van der Waals surface area contributed by atoms with E-state index in [9.17, 15) is 4.39 Å². The number of halogens is 1. The van der Waals surface area contributed by atoms with Crippen LogP contribution in [0.4, 0.5) is 10.3 Å². The summed E-state index contributed by atoms with van der Waals surface area (Å²) in [5, 5.41) is 7.89. The highest BCUT2D eigenvalue weighted by molar-refractivity contribution is 5.85. The molecule has 7 heteroatoms. The van der Waals surface area contributed by atoms with Crippen LogP contribution >= 0.6 is 0 Å². The van der Waals surface area contributed by atoms with Crippen LogP contribution in [0.2, 0.25) is 0 Å². The predicted octanol–water partition coefficient (Wildman–Crippen LogP) is 4.68. The van der Waals surface area contributed by atoms with Crippen molar-refractivity contribution in [1.82, 2.24) is 19.7 Å². The molecule has 0 saturated heterocycles. The van der Waals surface area contributed by atoms with Crippen molar-refractivity contribution >= 4 is 11.6 Å². The molecule has 0 spiro atoms. The third-order valence-electron chi connectivity index (χ3n) is 5.76. The molecule has 0 bridgehead atoms. The molecule has 0 amide bonds. The van der Waals surface area contributed by atoms with Gasteiger partial charge in [-0.15, -0.1) is 0 Å². The SMILES string of the molecule is Cc1ccc2c(c1)C1=C([C@H](c3ccccc3F)O2)[C@H](c2cccnc2)n2ncnc2N1. The number of hydrogen-bond acceptors (Lipinski definition) is 5. The highest BCUT2D eigenvalue weighted by Crippen LogP contribution is 2.50. The normalized spacial score (nSPS) is 19.0. The summed E-state index contributed by atoms with van der Waals surface area (Å²) in [7, 11) is 0. The minimum absolute atomic E-state index is 0.316. The van der Waals surface area contributed by atoms with Crippen LogP contribution in [-0.2, 0) is 0 Å². The van der Waals surface area contributed by atoms with Crippen LogP contribution in [-0.4, -0.2) is 19.7 Å². The van der Waals surface area contributed by atoms with E-state index in [1.807, 2.05) is 37.3 Å². The molecule has 0 unspecified atom stereocenters. The Labute approximate surface area is 178 Å². The van der Waals surface area contributed by atoms with E-state index in [4.69, 9.17) is 4.74 Å². The van der Waals surface area contributed by atoms with Gasteiger partial charge in [-0.3, -0.25) is 4.98 Å². The van der Waals surface area contributed by atoms with Gasteiger partial charge in [-0.2, -0.15) is 10.1 Å². The van der Waals surface area contributed by atoms with Crippen molar-refractivity contribution in [3.8, 4) is 5.75 Å². The third kappa shape index (κ3) is 2.73. The van der Waals surface area contributed by atoms with Crippen LogP contribution in [0.1, 0.15) is 34.4 Å². The number of nitrogens with one attached hydrogen (secondary N) is 1. The molecule has 4 heterocycles. The number of pyridine rings is 1. The number of ether oxygens (including phenoxy) is 1. The van der Waals surface area contributed by atoms with Gasteiger partial charge in [-0.25, -0.2) is 9.07 Å². The minimum atomic E-state index is -0.638. The highest BCUT2D eigenvalue weighted by atomic mass is 19.1. The molecule has 2 aromatic heterocycles. The highest BCUT2D eigenvalue weighted by Gasteiger charge is 2.41. The lowest BCUT2D eigenvalue weighted by atomic mass is 9.84. The van der Waals surface area contributed by atoms with E-state index in [1.54, 1.807) is 29.2 Å². The number of fused-ring (bicyclic) bond motifs is 3. The molecule has 2 aliphatic heterocycles. The summed E-state index contributed by atoms with van der Waals surface area (Å²) in [5.41, 5.74) is 5.16. The maximum atomic E-state index is 15.0. The number of benzene rings is 2. The van der Waals surface area contributed by atoms with Crippen LogP contribution in [0.25, 0.3) is 5.70 Å². The first kappa shape index (κ1) is 17.8. The first-order valence-electron chi connectivity index (χ1n) is 10.0. The van der Waals surface area contributed by atoms with Crippen molar-refractivity contribution in [2.24, 2.45) is 0 Å². The van der Waals surface area contributed by atoms with Crippen molar-refractivity contribution < 1.29 is 9.13 Å². The fraction of sp³-hybridized carbons (Fsp3) is 0.125. The summed E-state index contributed by atoms with van der Waals surface area (Å²) in [6.45, 7) is 2.04. The lowest BCUT2D eigenvalue weighted by Gasteiger charge is -2.39. The van der Waals surface area contributed by atoms with E-state index in [1.165, 1.54) is 12.4 Å². The van der Waals surface area contributed by atoms with Gasteiger partial charge in [0.15, 0.2) is 6.10 Å². The largest absolute Gasteiger partial charge is 0.480 e. The van der Waals surface area contributed by atoms with E-state index in [0.717, 1.165) is 28.0 Å². The fourth-order valence-corrected chi connectivity index (χ4v) is 4.39. The molecule has 0 saturated carbocycles. The number of nitrogens with zero attached hydrogens (tertiary/aromatic N) is 4. The van der Waals surface area contributed by atoms with E-state index in [0.29, 0.717) is 17.3 Å². The molecule has 6 rings (SSSR count). The molecule has 0 aliphatic carbocycles. The smallest absolute Gasteiger partial charge is 0.226 e. The van der Waals surface area contributed by atoms with Gasteiger partial charge in [0, 0.05) is 29.1 Å². The molecule has 4 aromatic rings. The van der Waals surface area contributed by atoms with E-state index in [-0.39, 0.29) is 11.9 Å². The second-order valence-corrected chi connectivity index (χ2v) is 7.69. The van der Waals surface area contributed by atoms with Gasteiger partial charge in [0.2, 0.25) is 5.95 Å². The average molecular weight is 411 g/mol. The molecule has 1 N–H and O–H groups in total. The van der Waals surface area contributed by atoms with Crippen molar-refractivity contribution in [3.05, 3.63) is 107 Å². The molecule has 6 nitrogen and oxygen atoms in total. The topological polar surface area (TPSA) is 64.9 Å². The Bertz CT molecular complexity index is 1330. The lowest BCUT2D eigenvalue weighted by molar-refractivity contribution is 0.218. The zero-order valence-electron chi connectivity index (χ0n) is 16.7. The zero-order valence-corrected chi connectivity index (χ0v) is 16.7. The molecule has 31 heavy (non-hydrogen) atoms. The number of aromatic nitrogens is 4. The first-order valence-corrected chi connectivity index (χ1v) is 10.0. The second kappa shape index (κ2) is 6.77. The number of aryl methyl sites for hydroxylation is 1. The standard InChI is InChI=1S/C24H18FN5O/c1-14-8-9-19-17(11-14)21-20(23(31-19)16-6-2-3-7-18(16)25)22(15-5-4-10-26-12-15)30-24(29-21)27-13-28-30/h2-13,22-23H,1H3,(H,27,28,29)/t22-,23-/m0/s1. The van der Waals surface area contributed by atoms with Crippen LogP contribution in [0, 0.1) is 12.7 Å². The summed E-state index contributed by atoms with van der Waals surface area (Å²) < 4.78 is 23.2. The van der Waals surface area contributed by atoms with Gasteiger partial charge in [-0.1, -0.05) is 35.9 Å². The number of rotatable bonds is 2. The molecule has 2 aromatic carbocycles. The molecule has 2 atom stereocenters. The van der Waals surface area contributed by atoms with Gasteiger partial charge < -0.3 is 10.1 Å². The number of anilines is 1. The molecule has 152 valence electrons. The Morgan fingerprint density at radius 2 is 2.00 bits per heavy atom. The van der Waals surface area contributed by atoms with E-state index >= 15 is 0 Å². The molecular formula is C24H18FN5O. The quantitative estimate of drug-likeness (QED) is 0.519. The molecular weight excluding hydrogens is 393 g/mol. The van der Waals surface area contributed by atoms with E-state index in [2.05, 4.69) is 26.4 Å². The third-order valence-corrected chi connectivity index (χ3v) is 5.76. The lowest BCUT2D eigenvalue weighted by Crippen LogP contribution is -2.32. The van der Waals surface area contributed by atoms with Gasteiger partial charge in [0.1, 0.15) is 23.9 Å². The molecule has 0 fully saturated rings. The van der Waals surface area contributed by atoms with Crippen LogP contribution < -0.4 is 10.1 Å². The minimum Gasteiger partial charge on any atom is -0.480 e.